The molecule has 2 N–H and O–H groups in total. The van der Waals surface area contributed by atoms with Crippen molar-refractivity contribution in [1.82, 2.24) is 10.6 Å². The van der Waals surface area contributed by atoms with E-state index in [2.05, 4.69) is 122 Å². The van der Waals surface area contributed by atoms with Gasteiger partial charge in [0.25, 0.3) is 0 Å². The summed E-state index contributed by atoms with van der Waals surface area (Å²) in [5.74, 6) is 0. The summed E-state index contributed by atoms with van der Waals surface area (Å²) >= 11 is 0. The predicted octanol–water partition coefficient (Wildman–Crippen LogP) is 5.82. The maximum atomic E-state index is 3.84. The molecular weight excluding hydrogens is 328 g/mol. The summed E-state index contributed by atoms with van der Waals surface area (Å²) in [6.07, 6.45) is 0. The molecule has 3 aromatic rings. The highest BCUT2D eigenvalue weighted by atomic mass is 15.0. The molecule has 4 atom stereocenters. The third kappa shape index (κ3) is 5.29. The maximum Gasteiger partial charge on any atom is 0.0478 e. The van der Waals surface area contributed by atoms with Gasteiger partial charge in [0.05, 0.1) is 0 Å². The first-order valence-electron chi connectivity index (χ1n) is 9.82. The molecule has 0 radical (unpaired) electrons. The zero-order chi connectivity index (χ0) is 19.1. The Balaban J connectivity index is 1.77. The molecule has 0 fully saturated rings. The van der Waals surface area contributed by atoms with Gasteiger partial charge < -0.3 is 10.6 Å². The molecular formula is C25H30N2. The summed E-state index contributed by atoms with van der Waals surface area (Å²) in [7, 11) is 0. The van der Waals surface area contributed by atoms with Crippen LogP contribution in [-0.4, -0.2) is 6.04 Å². The predicted molar refractivity (Wildman–Crippen MR) is 115 cm³/mol. The minimum absolute atomic E-state index is 0.215. The van der Waals surface area contributed by atoms with Crippen molar-refractivity contribution in [2.24, 2.45) is 0 Å². The fraction of sp³-hybridized carbons (Fsp3) is 0.280. The lowest BCUT2D eigenvalue weighted by atomic mass is 9.96. The van der Waals surface area contributed by atoms with E-state index < -0.39 is 0 Å². The smallest absolute Gasteiger partial charge is 0.0478 e. The number of nitrogens with one attached hydrogen (secondary N) is 2. The van der Waals surface area contributed by atoms with E-state index in [-0.39, 0.29) is 18.1 Å². The zero-order valence-electron chi connectivity index (χ0n) is 16.5. The lowest BCUT2D eigenvalue weighted by molar-refractivity contribution is 0.344. The van der Waals surface area contributed by atoms with Crippen LogP contribution in [0.1, 0.15) is 55.6 Å². The van der Waals surface area contributed by atoms with Gasteiger partial charge in [0, 0.05) is 24.2 Å². The molecule has 2 nitrogen and oxygen atoms in total. The van der Waals surface area contributed by atoms with E-state index in [1.807, 2.05) is 0 Å². The van der Waals surface area contributed by atoms with Gasteiger partial charge in [-0.3, -0.25) is 0 Å². The highest BCUT2D eigenvalue weighted by Crippen LogP contribution is 2.24. The lowest BCUT2D eigenvalue weighted by Crippen LogP contribution is -2.41. The highest BCUT2D eigenvalue weighted by molar-refractivity contribution is 5.24. The Bertz CT molecular complexity index is 786. The monoisotopic (exact) mass is 358 g/mol. The van der Waals surface area contributed by atoms with Crippen molar-refractivity contribution in [1.29, 1.82) is 0 Å². The van der Waals surface area contributed by atoms with Gasteiger partial charge in [0.1, 0.15) is 0 Å². The van der Waals surface area contributed by atoms with Crippen molar-refractivity contribution in [3.05, 3.63) is 108 Å². The topological polar surface area (TPSA) is 24.1 Å². The molecule has 0 amide bonds. The Labute approximate surface area is 163 Å². The second-order valence-corrected chi connectivity index (χ2v) is 7.28. The van der Waals surface area contributed by atoms with Crippen LogP contribution in [-0.2, 0) is 0 Å². The van der Waals surface area contributed by atoms with Gasteiger partial charge in [0.15, 0.2) is 0 Å². The fourth-order valence-electron chi connectivity index (χ4n) is 3.63. The standard InChI is InChI=1S/C25H30N2/c1-19(22-13-7-4-8-14-22)26-21(3)25(24-17-11-6-12-18-24)27-20(2)23-15-9-5-10-16-23/h4-21,25-27H,1-3H3/t19-,20-,21+,25-/m0/s1. The number of rotatable bonds is 8. The van der Waals surface area contributed by atoms with Crippen molar-refractivity contribution >= 4 is 0 Å². The molecule has 3 aromatic carbocycles. The van der Waals surface area contributed by atoms with E-state index in [1.165, 1.54) is 16.7 Å². The van der Waals surface area contributed by atoms with Gasteiger partial charge in [-0.1, -0.05) is 91.0 Å². The van der Waals surface area contributed by atoms with Crippen molar-refractivity contribution in [3.63, 3.8) is 0 Å². The lowest BCUT2D eigenvalue weighted by Gasteiger charge is -2.32. The van der Waals surface area contributed by atoms with Crippen molar-refractivity contribution < 1.29 is 0 Å². The fourth-order valence-corrected chi connectivity index (χ4v) is 3.63. The Morgan fingerprint density at radius 3 is 1.30 bits per heavy atom. The maximum absolute atomic E-state index is 3.84. The third-order valence-corrected chi connectivity index (χ3v) is 5.20. The average molecular weight is 359 g/mol. The van der Waals surface area contributed by atoms with Crippen molar-refractivity contribution in [2.45, 2.75) is 44.9 Å². The molecule has 0 aliphatic carbocycles. The summed E-state index contributed by atoms with van der Waals surface area (Å²) < 4.78 is 0. The van der Waals surface area contributed by atoms with E-state index in [0.29, 0.717) is 6.04 Å². The molecule has 0 spiro atoms. The molecule has 0 heterocycles. The normalized spacial score (nSPS) is 15.7. The van der Waals surface area contributed by atoms with Gasteiger partial charge in [-0.2, -0.15) is 0 Å². The molecule has 0 aliphatic heterocycles. The van der Waals surface area contributed by atoms with Crippen LogP contribution in [0.25, 0.3) is 0 Å². The van der Waals surface area contributed by atoms with Gasteiger partial charge in [-0.05, 0) is 37.5 Å². The minimum atomic E-state index is 0.215. The van der Waals surface area contributed by atoms with Crippen LogP contribution in [0.5, 0.6) is 0 Å². The van der Waals surface area contributed by atoms with E-state index in [4.69, 9.17) is 0 Å². The van der Waals surface area contributed by atoms with E-state index in [1.54, 1.807) is 0 Å². The number of hydrogen-bond acceptors (Lipinski definition) is 2. The van der Waals surface area contributed by atoms with Crippen LogP contribution in [0.3, 0.4) is 0 Å². The second-order valence-electron chi connectivity index (χ2n) is 7.28. The van der Waals surface area contributed by atoms with Crippen LogP contribution >= 0.6 is 0 Å². The van der Waals surface area contributed by atoms with Crippen LogP contribution in [0.2, 0.25) is 0 Å². The first-order chi connectivity index (χ1) is 13.1. The summed E-state index contributed by atoms with van der Waals surface area (Å²) in [5, 5.41) is 7.63. The van der Waals surface area contributed by atoms with E-state index in [0.717, 1.165) is 0 Å². The first kappa shape index (κ1) is 19.3. The zero-order valence-corrected chi connectivity index (χ0v) is 16.5. The largest absolute Gasteiger partial charge is 0.306 e. The van der Waals surface area contributed by atoms with Gasteiger partial charge in [-0.15, -0.1) is 0 Å². The summed E-state index contributed by atoms with van der Waals surface area (Å²) in [4.78, 5) is 0. The van der Waals surface area contributed by atoms with Crippen LogP contribution < -0.4 is 10.6 Å². The van der Waals surface area contributed by atoms with Crippen molar-refractivity contribution in [3.8, 4) is 0 Å². The number of hydrogen-bond donors (Lipinski definition) is 2. The highest BCUT2D eigenvalue weighted by Gasteiger charge is 2.23. The first-order valence-corrected chi connectivity index (χ1v) is 9.82. The van der Waals surface area contributed by atoms with Gasteiger partial charge in [0.2, 0.25) is 0 Å². The minimum Gasteiger partial charge on any atom is -0.306 e. The van der Waals surface area contributed by atoms with Crippen LogP contribution in [0.15, 0.2) is 91.0 Å². The molecule has 0 unspecified atom stereocenters. The molecule has 140 valence electrons. The molecule has 0 saturated carbocycles. The van der Waals surface area contributed by atoms with E-state index in [9.17, 15) is 0 Å². The Hall–Kier alpha value is -2.42. The van der Waals surface area contributed by atoms with Gasteiger partial charge >= 0.3 is 0 Å². The van der Waals surface area contributed by atoms with Crippen molar-refractivity contribution in [2.75, 3.05) is 0 Å². The number of benzene rings is 3. The third-order valence-electron chi connectivity index (χ3n) is 5.20. The second kappa shape index (κ2) is 9.50. The molecule has 27 heavy (non-hydrogen) atoms. The Morgan fingerprint density at radius 1 is 0.481 bits per heavy atom. The molecule has 0 aromatic heterocycles. The summed E-state index contributed by atoms with van der Waals surface area (Å²) in [6, 6.07) is 33.0. The molecule has 0 aliphatic rings. The molecule has 3 rings (SSSR count). The van der Waals surface area contributed by atoms with Crippen LogP contribution in [0, 0.1) is 0 Å². The molecule has 2 heteroatoms. The SMILES string of the molecule is C[C@H](N[C@H](c1ccccc1)[C@@H](C)N[C@@H](C)c1ccccc1)c1ccccc1. The quantitative estimate of drug-likeness (QED) is 0.530. The van der Waals surface area contributed by atoms with Gasteiger partial charge in [-0.25, -0.2) is 0 Å². The van der Waals surface area contributed by atoms with Crippen LogP contribution in [0.4, 0.5) is 0 Å². The molecule has 0 saturated heterocycles. The summed E-state index contributed by atoms with van der Waals surface area (Å²) in [5.41, 5.74) is 3.93. The van der Waals surface area contributed by atoms with E-state index >= 15 is 0 Å². The Kier molecular flexibility index (Phi) is 6.80. The summed E-state index contributed by atoms with van der Waals surface area (Å²) in [6.45, 7) is 6.73. The molecule has 0 bridgehead atoms. The average Bonchev–Trinajstić information content (AvgIpc) is 2.73. The Morgan fingerprint density at radius 2 is 0.852 bits per heavy atom.